The van der Waals surface area contributed by atoms with Crippen LogP contribution in [0.1, 0.15) is 12.0 Å². The molecular formula is C18H14Br2N4O2S. The number of nitrogens with two attached hydrogens (primary N) is 1. The highest BCUT2D eigenvalue weighted by Crippen LogP contribution is 2.30. The second-order valence-electron chi connectivity index (χ2n) is 5.59. The second-order valence-corrected chi connectivity index (χ2v) is 8.64. The molecule has 9 heteroatoms. The van der Waals surface area contributed by atoms with Gasteiger partial charge in [-0.1, -0.05) is 55.8 Å². The molecule has 6 nitrogen and oxygen atoms in total. The van der Waals surface area contributed by atoms with Crippen molar-refractivity contribution in [2.45, 2.75) is 11.7 Å². The van der Waals surface area contributed by atoms with Gasteiger partial charge in [0, 0.05) is 15.4 Å². The summed E-state index contributed by atoms with van der Waals surface area (Å²) in [7, 11) is 0. The molecule has 1 heterocycles. The SMILES string of the molecule is N/C(=N\N=C\c1ccc(Br)cc1)SC1CC(=O)N(c2ccc(Br)cc2)C1=O. The number of hydrogen-bond donors (Lipinski definition) is 1. The zero-order chi connectivity index (χ0) is 19.4. The largest absolute Gasteiger partial charge is 0.377 e. The summed E-state index contributed by atoms with van der Waals surface area (Å²) < 4.78 is 1.84. The number of thioether (sulfide) groups is 1. The average Bonchev–Trinajstić information content (AvgIpc) is 2.91. The first-order valence-electron chi connectivity index (χ1n) is 7.85. The lowest BCUT2D eigenvalue weighted by atomic mass is 10.2. The van der Waals surface area contributed by atoms with Crippen LogP contribution in [0.5, 0.6) is 0 Å². The van der Waals surface area contributed by atoms with Gasteiger partial charge in [-0.2, -0.15) is 5.10 Å². The fourth-order valence-electron chi connectivity index (χ4n) is 2.43. The van der Waals surface area contributed by atoms with Gasteiger partial charge in [0.1, 0.15) is 5.25 Å². The highest BCUT2D eigenvalue weighted by molar-refractivity contribution is 9.10. The van der Waals surface area contributed by atoms with Gasteiger partial charge < -0.3 is 5.73 Å². The quantitative estimate of drug-likeness (QED) is 0.293. The molecule has 2 aromatic rings. The van der Waals surface area contributed by atoms with Crippen LogP contribution in [-0.2, 0) is 9.59 Å². The van der Waals surface area contributed by atoms with Gasteiger partial charge in [-0.3, -0.25) is 9.59 Å². The van der Waals surface area contributed by atoms with Gasteiger partial charge in [0.05, 0.1) is 11.9 Å². The number of hydrogen-bond acceptors (Lipinski definition) is 5. The molecule has 0 bridgehead atoms. The van der Waals surface area contributed by atoms with E-state index in [4.69, 9.17) is 5.73 Å². The molecule has 1 atom stereocenters. The maximum atomic E-state index is 12.6. The fourth-order valence-corrected chi connectivity index (χ4v) is 3.77. The van der Waals surface area contributed by atoms with Crippen molar-refractivity contribution in [3.05, 3.63) is 63.0 Å². The average molecular weight is 510 g/mol. The third-order valence-corrected chi connectivity index (χ3v) is 5.72. The van der Waals surface area contributed by atoms with Crippen LogP contribution >= 0.6 is 43.6 Å². The summed E-state index contributed by atoms with van der Waals surface area (Å²) in [6.07, 6.45) is 1.64. The number of amides is 2. The number of carbonyl (C=O) groups excluding carboxylic acids is 2. The van der Waals surface area contributed by atoms with Gasteiger partial charge in [-0.25, -0.2) is 4.90 Å². The highest BCUT2D eigenvalue weighted by atomic mass is 79.9. The van der Waals surface area contributed by atoms with Crippen molar-refractivity contribution in [1.29, 1.82) is 0 Å². The van der Waals surface area contributed by atoms with Gasteiger partial charge in [-0.15, -0.1) is 5.10 Å². The van der Waals surface area contributed by atoms with Crippen LogP contribution in [0.25, 0.3) is 0 Å². The van der Waals surface area contributed by atoms with Crippen molar-refractivity contribution in [2.24, 2.45) is 15.9 Å². The Hall–Kier alpha value is -1.97. The van der Waals surface area contributed by atoms with E-state index in [1.54, 1.807) is 30.5 Å². The minimum atomic E-state index is -0.604. The minimum absolute atomic E-state index is 0.0756. The molecule has 138 valence electrons. The van der Waals surface area contributed by atoms with Crippen molar-refractivity contribution >= 4 is 72.5 Å². The highest BCUT2D eigenvalue weighted by Gasteiger charge is 2.40. The summed E-state index contributed by atoms with van der Waals surface area (Å²) >= 11 is 7.74. The van der Waals surface area contributed by atoms with E-state index in [9.17, 15) is 9.59 Å². The van der Waals surface area contributed by atoms with E-state index in [0.717, 1.165) is 26.3 Å². The molecular weight excluding hydrogens is 496 g/mol. The van der Waals surface area contributed by atoms with E-state index in [-0.39, 0.29) is 23.4 Å². The summed E-state index contributed by atoms with van der Waals surface area (Å²) in [5.41, 5.74) is 7.27. The molecule has 2 N–H and O–H groups in total. The standard InChI is InChI=1S/C18H14Br2N4O2S/c19-12-3-1-11(2-4-12)10-22-23-18(21)27-15-9-16(25)24(17(15)26)14-7-5-13(20)6-8-14/h1-8,10,15H,9H2,(H2,21,23)/b22-10+. The molecule has 0 aliphatic carbocycles. The van der Waals surface area contributed by atoms with Crippen molar-refractivity contribution in [3.63, 3.8) is 0 Å². The van der Waals surface area contributed by atoms with Crippen molar-refractivity contribution < 1.29 is 9.59 Å². The number of rotatable bonds is 4. The molecule has 27 heavy (non-hydrogen) atoms. The lowest BCUT2D eigenvalue weighted by Crippen LogP contribution is -2.31. The van der Waals surface area contributed by atoms with Crippen molar-refractivity contribution in [2.75, 3.05) is 4.90 Å². The second kappa shape index (κ2) is 8.81. The summed E-state index contributed by atoms with van der Waals surface area (Å²) in [6.45, 7) is 0. The number of amidine groups is 1. The van der Waals surface area contributed by atoms with Gasteiger partial charge in [0.25, 0.3) is 0 Å². The monoisotopic (exact) mass is 508 g/mol. The van der Waals surface area contributed by atoms with E-state index < -0.39 is 5.25 Å². The maximum absolute atomic E-state index is 12.6. The Morgan fingerprint density at radius 2 is 1.67 bits per heavy atom. The zero-order valence-corrected chi connectivity index (χ0v) is 17.9. The Balaban J connectivity index is 1.64. The van der Waals surface area contributed by atoms with Gasteiger partial charge >= 0.3 is 0 Å². The minimum Gasteiger partial charge on any atom is -0.377 e. The molecule has 2 aromatic carbocycles. The molecule has 1 unspecified atom stereocenters. The van der Waals surface area contributed by atoms with Crippen LogP contribution in [0.15, 0.2) is 67.7 Å². The van der Waals surface area contributed by atoms with Crippen LogP contribution in [0.3, 0.4) is 0 Å². The number of benzene rings is 2. The molecule has 2 amide bonds. The first-order valence-corrected chi connectivity index (χ1v) is 10.3. The zero-order valence-electron chi connectivity index (χ0n) is 13.9. The molecule has 0 saturated carbocycles. The molecule has 0 spiro atoms. The first-order chi connectivity index (χ1) is 12.9. The smallest absolute Gasteiger partial charge is 0.247 e. The van der Waals surface area contributed by atoms with Gasteiger partial charge in [0.15, 0.2) is 5.17 Å². The topological polar surface area (TPSA) is 88.1 Å². The van der Waals surface area contributed by atoms with Crippen LogP contribution in [0.4, 0.5) is 5.69 Å². The van der Waals surface area contributed by atoms with Crippen LogP contribution in [-0.4, -0.2) is 28.4 Å². The Kier molecular flexibility index (Phi) is 6.46. The number of halogens is 2. The fraction of sp³-hybridized carbons (Fsp3) is 0.111. The van der Waals surface area contributed by atoms with Gasteiger partial charge in [-0.05, 0) is 42.0 Å². The lowest BCUT2D eigenvalue weighted by Gasteiger charge is -2.14. The maximum Gasteiger partial charge on any atom is 0.247 e. The molecule has 1 saturated heterocycles. The summed E-state index contributed by atoms with van der Waals surface area (Å²) in [4.78, 5) is 26.0. The number of imide groups is 1. The van der Waals surface area contributed by atoms with Crippen molar-refractivity contribution in [1.82, 2.24) is 0 Å². The summed E-state index contributed by atoms with van der Waals surface area (Å²) in [6, 6.07) is 14.5. The van der Waals surface area contributed by atoms with Crippen molar-refractivity contribution in [3.8, 4) is 0 Å². The Morgan fingerprint density at radius 1 is 1.07 bits per heavy atom. The Morgan fingerprint density at radius 3 is 2.30 bits per heavy atom. The molecule has 1 aliphatic heterocycles. The predicted octanol–water partition coefficient (Wildman–Crippen LogP) is 3.93. The summed E-state index contributed by atoms with van der Waals surface area (Å²) in [5.74, 6) is -0.562. The Labute approximate surface area is 177 Å². The number of carbonyl (C=O) groups is 2. The third kappa shape index (κ3) is 5.06. The predicted molar refractivity (Wildman–Crippen MR) is 116 cm³/mol. The van der Waals surface area contributed by atoms with E-state index >= 15 is 0 Å². The van der Waals surface area contributed by atoms with Crippen LogP contribution in [0.2, 0.25) is 0 Å². The normalized spacial score (nSPS) is 17.9. The lowest BCUT2D eigenvalue weighted by molar-refractivity contribution is -0.121. The third-order valence-electron chi connectivity index (χ3n) is 3.69. The van der Waals surface area contributed by atoms with E-state index in [1.165, 1.54) is 4.90 Å². The van der Waals surface area contributed by atoms with Crippen LogP contribution < -0.4 is 10.6 Å². The molecule has 1 aliphatic rings. The number of anilines is 1. The van der Waals surface area contributed by atoms with E-state index in [2.05, 4.69) is 42.1 Å². The first kappa shape index (κ1) is 19.8. The van der Waals surface area contributed by atoms with Gasteiger partial charge in [0.2, 0.25) is 11.8 Å². The Bertz CT molecular complexity index is 914. The molecule has 0 radical (unpaired) electrons. The number of nitrogens with zero attached hydrogens (tertiary/aromatic N) is 3. The van der Waals surface area contributed by atoms with Crippen LogP contribution in [0, 0.1) is 0 Å². The molecule has 3 rings (SSSR count). The van der Waals surface area contributed by atoms with E-state index in [1.807, 2.05) is 24.3 Å². The molecule has 0 aromatic heterocycles. The molecule has 1 fully saturated rings. The van der Waals surface area contributed by atoms with E-state index in [0.29, 0.717) is 5.69 Å². The summed E-state index contributed by atoms with van der Waals surface area (Å²) in [5, 5.41) is 7.36.